The molecule has 0 bridgehead atoms. The van der Waals surface area contributed by atoms with E-state index in [4.69, 9.17) is 4.42 Å². The van der Waals surface area contributed by atoms with Crippen molar-refractivity contribution in [2.45, 2.75) is 18.4 Å². The van der Waals surface area contributed by atoms with Gasteiger partial charge >= 0.3 is 18.1 Å². The SMILES string of the molecule is CNC(c1ccc2c(c1)oc(=O)n2C)C(F)(F)C(F)F. The Labute approximate surface area is 111 Å². The minimum Gasteiger partial charge on any atom is -0.408 e. The topological polar surface area (TPSA) is 47.2 Å². The van der Waals surface area contributed by atoms with Crippen LogP contribution < -0.4 is 11.1 Å². The van der Waals surface area contributed by atoms with Gasteiger partial charge in [-0.2, -0.15) is 8.78 Å². The fourth-order valence-corrected chi connectivity index (χ4v) is 2.04. The molecule has 1 heterocycles. The second-order valence-corrected chi connectivity index (χ2v) is 4.35. The van der Waals surface area contributed by atoms with Gasteiger partial charge in [-0.1, -0.05) is 6.07 Å². The first-order valence-electron chi connectivity index (χ1n) is 5.71. The zero-order valence-electron chi connectivity index (χ0n) is 10.7. The van der Waals surface area contributed by atoms with Crippen molar-refractivity contribution in [3.05, 3.63) is 34.3 Å². The molecule has 0 aliphatic rings. The van der Waals surface area contributed by atoms with Crippen molar-refractivity contribution in [1.82, 2.24) is 9.88 Å². The number of nitrogens with zero attached hydrogens (tertiary/aromatic N) is 1. The molecule has 1 N–H and O–H groups in total. The Morgan fingerprint density at radius 2 is 2.00 bits per heavy atom. The van der Waals surface area contributed by atoms with Crippen molar-refractivity contribution in [3.8, 4) is 0 Å². The molecule has 0 amide bonds. The van der Waals surface area contributed by atoms with E-state index in [1.165, 1.54) is 23.7 Å². The number of benzene rings is 1. The molecule has 1 aromatic carbocycles. The van der Waals surface area contributed by atoms with Crippen molar-refractivity contribution in [3.63, 3.8) is 0 Å². The molecule has 0 spiro atoms. The number of halogens is 4. The third kappa shape index (κ3) is 2.20. The molecule has 2 aromatic rings. The van der Waals surface area contributed by atoms with Crippen LogP contribution in [-0.4, -0.2) is 24.0 Å². The van der Waals surface area contributed by atoms with Crippen LogP contribution >= 0.6 is 0 Å². The van der Waals surface area contributed by atoms with Gasteiger partial charge in [-0.3, -0.25) is 4.57 Å². The largest absolute Gasteiger partial charge is 0.419 e. The number of hydrogen-bond donors (Lipinski definition) is 1. The normalized spacial score (nSPS) is 14.2. The van der Waals surface area contributed by atoms with Gasteiger partial charge in [0.15, 0.2) is 5.58 Å². The summed E-state index contributed by atoms with van der Waals surface area (Å²) in [7, 11) is 2.61. The Bertz CT molecular complexity index is 678. The molecule has 1 unspecified atom stereocenters. The van der Waals surface area contributed by atoms with Crippen molar-refractivity contribution in [1.29, 1.82) is 0 Å². The monoisotopic (exact) mass is 292 g/mol. The lowest BCUT2D eigenvalue weighted by molar-refractivity contribution is -0.150. The molecule has 0 aliphatic carbocycles. The maximum atomic E-state index is 13.5. The first-order valence-corrected chi connectivity index (χ1v) is 5.71. The lowest BCUT2D eigenvalue weighted by atomic mass is 10.0. The van der Waals surface area contributed by atoms with Gasteiger partial charge in [-0.05, 0) is 24.7 Å². The van der Waals surface area contributed by atoms with Gasteiger partial charge in [0.1, 0.15) is 6.04 Å². The predicted molar refractivity (Wildman–Crippen MR) is 64.2 cm³/mol. The van der Waals surface area contributed by atoms with E-state index < -0.39 is 24.1 Å². The summed E-state index contributed by atoms with van der Waals surface area (Å²) < 4.78 is 57.9. The van der Waals surface area contributed by atoms with Crippen LogP contribution in [0.1, 0.15) is 11.6 Å². The summed E-state index contributed by atoms with van der Waals surface area (Å²) in [4.78, 5) is 11.3. The molecule has 0 radical (unpaired) electrons. The molecule has 8 heteroatoms. The summed E-state index contributed by atoms with van der Waals surface area (Å²) in [5.41, 5.74) is 0.383. The zero-order valence-corrected chi connectivity index (χ0v) is 10.7. The number of nitrogens with one attached hydrogen (secondary N) is 1. The smallest absolute Gasteiger partial charge is 0.408 e. The van der Waals surface area contributed by atoms with Gasteiger partial charge in [-0.15, -0.1) is 0 Å². The standard InChI is InChI=1S/C12H12F4N2O2/c1-17-9(12(15,16)10(13)14)6-3-4-7-8(5-6)20-11(19)18(7)2/h3-5,9-10,17H,1-2H3. The number of oxazole rings is 1. The molecular weight excluding hydrogens is 280 g/mol. The minimum absolute atomic E-state index is 0.0697. The molecular formula is C12H12F4N2O2. The van der Waals surface area contributed by atoms with E-state index in [1.807, 2.05) is 0 Å². The predicted octanol–water partition coefficient (Wildman–Crippen LogP) is 2.29. The van der Waals surface area contributed by atoms with E-state index in [9.17, 15) is 22.4 Å². The minimum atomic E-state index is -4.24. The van der Waals surface area contributed by atoms with Gasteiger partial charge in [-0.25, -0.2) is 13.6 Å². The molecule has 4 nitrogen and oxygen atoms in total. The molecule has 1 atom stereocenters. The molecule has 0 aliphatic heterocycles. The summed E-state index contributed by atoms with van der Waals surface area (Å²) in [6, 6.07) is 1.92. The average Bonchev–Trinajstić information content (AvgIpc) is 2.65. The second kappa shape index (κ2) is 4.93. The fraction of sp³-hybridized carbons (Fsp3) is 0.417. The molecule has 2 rings (SSSR count). The van der Waals surface area contributed by atoms with Gasteiger partial charge in [0.05, 0.1) is 5.52 Å². The van der Waals surface area contributed by atoms with E-state index in [0.717, 1.165) is 13.1 Å². The lowest BCUT2D eigenvalue weighted by Gasteiger charge is -2.26. The highest BCUT2D eigenvalue weighted by atomic mass is 19.3. The van der Waals surface area contributed by atoms with Crippen molar-refractivity contribution >= 4 is 11.1 Å². The maximum absolute atomic E-state index is 13.5. The third-order valence-corrected chi connectivity index (χ3v) is 3.11. The van der Waals surface area contributed by atoms with Crippen LogP contribution in [0.4, 0.5) is 17.6 Å². The van der Waals surface area contributed by atoms with Crippen molar-refractivity contribution < 1.29 is 22.0 Å². The maximum Gasteiger partial charge on any atom is 0.419 e. The van der Waals surface area contributed by atoms with Gasteiger partial charge in [0.25, 0.3) is 0 Å². The van der Waals surface area contributed by atoms with E-state index >= 15 is 0 Å². The van der Waals surface area contributed by atoms with Crippen LogP contribution in [0, 0.1) is 0 Å². The first-order chi connectivity index (χ1) is 9.28. The van der Waals surface area contributed by atoms with Crippen LogP contribution in [-0.2, 0) is 7.05 Å². The fourth-order valence-electron chi connectivity index (χ4n) is 2.04. The summed E-state index contributed by atoms with van der Waals surface area (Å²) in [6.45, 7) is 0. The van der Waals surface area contributed by atoms with Gasteiger partial charge in [0.2, 0.25) is 0 Å². The molecule has 0 saturated carbocycles. The highest BCUT2D eigenvalue weighted by Gasteiger charge is 2.48. The number of hydrogen-bond acceptors (Lipinski definition) is 3. The Kier molecular flexibility index (Phi) is 3.59. The number of alkyl halides is 4. The van der Waals surface area contributed by atoms with E-state index in [2.05, 4.69) is 5.32 Å². The Morgan fingerprint density at radius 1 is 1.35 bits per heavy atom. The summed E-state index contributed by atoms with van der Waals surface area (Å²) in [5.74, 6) is -4.89. The lowest BCUT2D eigenvalue weighted by Crippen LogP contribution is -2.41. The summed E-state index contributed by atoms with van der Waals surface area (Å²) in [6.07, 6.45) is -3.81. The highest BCUT2D eigenvalue weighted by molar-refractivity contribution is 5.73. The highest BCUT2D eigenvalue weighted by Crippen LogP contribution is 2.37. The molecule has 1 aromatic heterocycles. The van der Waals surface area contributed by atoms with E-state index in [0.29, 0.717) is 5.52 Å². The number of aromatic nitrogens is 1. The second-order valence-electron chi connectivity index (χ2n) is 4.35. The van der Waals surface area contributed by atoms with Gasteiger partial charge < -0.3 is 9.73 Å². The molecule has 0 saturated heterocycles. The van der Waals surface area contributed by atoms with Crippen LogP contribution in [0.2, 0.25) is 0 Å². The van der Waals surface area contributed by atoms with Gasteiger partial charge in [0, 0.05) is 7.05 Å². The summed E-state index contributed by atoms with van der Waals surface area (Å²) >= 11 is 0. The quantitative estimate of drug-likeness (QED) is 0.880. The third-order valence-electron chi connectivity index (χ3n) is 3.11. The average molecular weight is 292 g/mol. The van der Waals surface area contributed by atoms with Crippen molar-refractivity contribution in [2.75, 3.05) is 7.05 Å². The Morgan fingerprint density at radius 3 is 2.55 bits per heavy atom. The number of fused-ring (bicyclic) bond motifs is 1. The van der Waals surface area contributed by atoms with Crippen LogP contribution in [0.3, 0.4) is 0 Å². The Hall–Kier alpha value is -1.83. The molecule has 110 valence electrons. The first kappa shape index (κ1) is 14.6. The van der Waals surface area contributed by atoms with Crippen LogP contribution in [0.15, 0.2) is 27.4 Å². The van der Waals surface area contributed by atoms with E-state index in [1.54, 1.807) is 0 Å². The van der Waals surface area contributed by atoms with Crippen LogP contribution in [0.25, 0.3) is 11.1 Å². The zero-order chi connectivity index (χ0) is 15.1. The number of rotatable bonds is 4. The van der Waals surface area contributed by atoms with Crippen molar-refractivity contribution in [2.24, 2.45) is 7.05 Å². The Balaban J connectivity index is 2.53. The van der Waals surface area contributed by atoms with E-state index in [-0.39, 0.29) is 11.1 Å². The summed E-state index contributed by atoms with van der Waals surface area (Å²) in [5, 5.41) is 2.17. The molecule has 0 fully saturated rings. The van der Waals surface area contributed by atoms with Crippen LogP contribution in [0.5, 0.6) is 0 Å². The molecule has 20 heavy (non-hydrogen) atoms. The number of aryl methyl sites for hydroxylation is 1.